The number of hydrogen-bond acceptors (Lipinski definition) is 6. The zero-order chi connectivity index (χ0) is 18.4. The van der Waals surface area contributed by atoms with E-state index in [-0.39, 0.29) is 17.5 Å². The molecular weight excluding hydrogens is 334 g/mol. The van der Waals surface area contributed by atoms with E-state index in [1.54, 1.807) is 29.2 Å². The Hall–Kier alpha value is -3.48. The van der Waals surface area contributed by atoms with Crippen LogP contribution in [0.4, 0.5) is 0 Å². The van der Waals surface area contributed by atoms with Crippen LogP contribution in [0, 0.1) is 0 Å². The van der Waals surface area contributed by atoms with Crippen LogP contribution >= 0.6 is 0 Å². The number of hydrogen-bond donors (Lipinski definition) is 0. The van der Waals surface area contributed by atoms with Crippen LogP contribution in [0.15, 0.2) is 67.4 Å². The summed E-state index contributed by atoms with van der Waals surface area (Å²) in [4.78, 5) is 32.0. The first-order valence-electron chi connectivity index (χ1n) is 8.00. The van der Waals surface area contributed by atoms with Crippen LogP contribution in [-0.4, -0.2) is 33.1 Å². The van der Waals surface area contributed by atoms with Crippen molar-refractivity contribution < 1.29 is 19.1 Å². The summed E-state index contributed by atoms with van der Waals surface area (Å²) in [7, 11) is 0. The van der Waals surface area contributed by atoms with Gasteiger partial charge in [-0.15, -0.1) is 0 Å². The molecule has 132 valence electrons. The Morgan fingerprint density at radius 3 is 2.62 bits per heavy atom. The number of ether oxygens (including phenoxy) is 2. The topological polar surface area (TPSA) is 83.3 Å². The summed E-state index contributed by atoms with van der Waals surface area (Å²) in [5.41, 5.74) is 1.28. The Morgan fingerprint density at radius 2 is 1.88 bits per heavy atom. The van der Waals surface area contributed by atoms with E-state index in [2.05, 4.69) is 9.97 Å². The van der Waals surface area contributed by atoms with Gasteiger partial charge in [-0.3, -0.25) is 4.98 Å². The molecule has 3 aromatic rings. The first kappa shape index (κ1) is 17.3. The van der Waals surface area contributed by atoms with E-state index in [9.17, 15) is 9.59 Å². The summed E-state index contributed by atoms with van der Waals surface area (Å²) in [6, 6.07) is 12.8. The number of benzene rings is 1. The fourth-order valence-corrected chi connectivity index (χ4v) is 2.43. The second-order valence-electron chi connectivity index (χ2n) is 5.51. The molecule has 0 spiro atoms. The fraction of sp³-hybridized carbons (Fsp3) is 0.158. The van der Waals surface area contributed by atoms with E-state index >= 15 is 0 Å². The van der Waals surface area contributed by atoms with Crippen molar-refractivity contribution in [1.29, 1.82) is 0 Å². The highest BCUT2D eigenvalue weighted by molar-refractivity contribution is 5.89. The highest BCUT2D eigenvalue weighted by Crippen LogP contribution is 2.19. The predicted octanol–water partition coefficient (Wildman–Crippen LogP) is 2.65. The van der Waals surface area contributed by atoms with Gasteiger partial charge in [0.2, 0.25) is 0 Å². The zero-order valence-electron chi connectivity index (χ0n) is 14.1. The maximum Gasteiger partial charge on any atom is 0.357 e. The molecule has 3 rings (SSSR count). The van der Waals surface area contributed by atoms with Gasteiger partial charge in [-0.25, -0.2) is 14.6 Å². The molecule has 1 unspecified atom stereocenters. The van der Waals surface area contributed by atoms with Crippen molar-refractivity contribution in [3.8, 4) is 5.75 Å². The lowest BCUT2D eigenvalue weighted by Gasteiger charge is -2.16. The average molecular weight is 351 g/mol. The molecule has 0 saturated heterocycles. The Bertz CT molecular complexity index is 878. The molecule has 26 heavy (non-hydrogen) atoms. The molecule has 0 radical (unpaired) electrons. The van der Waals surface area contributed by atoms with Gasteiger partial charge in [-0.1, -0.05) is 30.3 Å². The van der Waals surface area contributed by atoms with Gasteiger partial charge in [-0.2, -0.15) is 0 Å². The largest absolute Gasteiger partial charge is 0.449 e. The summed E-state index contributed by atoms with van der Waals surface area (Å²) >= 11 is 0. The van der Waals surface area contributed by atoms with Crippen LogP contribution in [0.2, 0.25) is 0 Å². The van der Waals surface area contributed by atoms with Crippen LogP contribution in [-0.2, 0) is 9.53 Å². The summed E-state index contributed by atoms with van der Waals surface area (Å²) in [5.74, 6) is -1.04. The third-order valence-corrected chi connectivity index (χ3v) is 3.76. The quantitative estimate of drug-likeness (QED) is 0.635. The van der Waals surface area contributed by atoms with Crippen molar-refractivity contribution in [2.24, 2.45) is 0 Å². The number of aromatic nitrogens is 3. The lowest BCUT2D eigenvalue weighted by atomic mass is 10.1. The van der Waals surface area contributed by atoms with Gasteiger partial charge in [0, 0.05) is 6.20 Å². The first-order chi connectivity index (χ1) is 12.6. The highest BCUT2D eigenvalue weighted by atomic mass is 16.6. The standard InChI is InChI=1S/C19H17N3O4/c1-14(15-6-3-2-4-7-15)22-13-21-11-17(22)19(24)25-12-18(23)26-16-8-5-9-20-10-16/h2-11,13-14H,12H2,1H3. The van der Waals surface area contributed by atoms with E-state index in [4.69, 9.17) is 9.47 Å². The van der Waals surface area contributed by atoms with Gasteiger partial charge in [0.15, 0.2) is 6.61 Å². The summed E-state index contributed by atoms with van der Waals surface area (Å²) in [6.07, 6.45) is 5.93. The van der Waals surface area contributed by atoms with Gasteiger partial charge >= 0.3 is 11.9 Å². The number of pyridine rings is 1. The van der Waals surface area contributed by atoms with E-state index in [1.807, 2.05) is 37.3 Å². The van der Waals surface area contributed by atoms with Gasteiger partial charge in [0.05, 0.1) is 24.8 Å². The van der Waals surface area contributed by atoms with Crippen LogP contribution < -0.4 is 4.74 Å². The lowest BCUT2D eigenvalue weighted by molar-refractivity contribution is -0.137. The number of imidazole rings is 1. The summed E-state index contributed by atoms with van der Waals surface area (Å²) in [5, 5.41) is 0. The molecule has 0 amide bonds. The minimum atomic E-state index is -0.687. The van der Waals surface area contributed by atoms with E-state index in [1.165, 1.54) is 12.4 Å². The molecular formula is C19H17N3O4. The van der Waals surface area contributed by atoms with Gasteiger partial charge in [0.1, 0.15) is 11.4 Å². The van der Waals surface area contributed by atoms with Gasteiger partial charge in [-0.05, 0) is 24.6 Å². The maximum absolute atomic E-state index is 12.3. The van der Waals surface area contributed by atoms with Crippen LogP contribution in [0.5, 0.6) is 5.75 Å². The molecule has 0 aliphatic rings. The molecule has 1 atom stereocenters. The van der Waals surface area contributed by atoms with E-state index < -0.39 is 18.5 Å². The molecule has 0 fully saturated rings. The molecule has 0 saturated carbocycles. The normalized spacial score (nSPS) is 11.6. The fourth-order valence-electron chi connectivity index (χ4n) is 2.43. The van der Waals surface area contributed by atoms with E-state index in [0.717, 1.165) is 5.56 Å². The second-order valence-corrected chi connectivity index (χ2v) is 5.51. The van der Waals surface area contributed by atoms with Crippen molar-refractivity contribution in [3.63, 3.8) is 0 Å². The molecule has 7 nitrogen and oxygen atoms in total. The third-order valence-electron chi connectivity index (χ3n) is 3.76. The number of carbonyl (C=O) groups is 2. The van der Waals surface area contributed by atoms with Gasteiger partial charge < -0.3 is 14.0 Å². The monoisotopic (exact) mass is 351 g/mol. The Kier molecular flexibility index (Phi) is 5.38. The van der Waals surface area contributed by atoms with E-state index in [0.29, 0.717) is 0 Å². The van der Waals surface area contributed by atoms with Crippen molar-refractivity contribution in [2.45, 2.75) is 13.0 Å². The maximum atomic E-state index is 12.3. The molecule has 0 aliphatic heterocycles. The van der Waals surface area contributed by atoms with Crippen LogP contribution in [0.1, 0.15) is 29.0 Å². The number of rotatable bonds is 6. The zero-order valence-corrected chi connectivity index (χ0v) is 14.1. The summed E-state index contributed by atoms with van der Waals surface area (Å²) < 4.78 is 11.8. The summed E-state index contributed by atoms with van der Waals surface area (Å²) in [6.45, 7) is 1.45. The predicted molar refractivity (Wildman–Crippen MR) is 92.6 cm³/mol. The second kappa shape index (κ2) is 8.06. The SMILES string of the molecule is CC(c1ccccc1)n1cncc1C(=O)OCC(=O)Oc1cccnc1. The highest BCUT2D eigenvalue weighted by Gasteiger charge is 2.19. The number of nitrogens with zero attached hydrogens (tertiary/aromatic N) is 3. The molecule has 1 aromatic carbocycles. The Balaban J connectivity index is 1.62. The third kappa shape index (κ3) is 4.13. The van der Waals surface area contributed by atoms with Crippen LogP contribution in [0.3, 0.4) is 0 Å². The van der Waals surface area contributed by atoms with Crippen molar-refractivity contribution in [3.05, 3.63) is 78.6 Å². The van der Waals surface area contributed by atoms with Crippen molar-refractivity contribution in [2.75, 3.05) is 6.61 Å². The van der Waals surface area contributed by atoms with Gasteiger partial charge in [0.25, 0.3) is 0 Å². The van der Waals surface area contributed by atoms with Crippen molar-refractivity contribution >= 4 is 11.9 Å². The van der Waals surface area contributed by atoms with Crippen LogP contribution in [0.25, 0.3) is 0 Å². The molecule has 7 heteroatoms. The smallest absolute Gasteiger partial charge is 0.357 e. The molecule has 2 aromatic heterocycles. The number of esters is 2. The lowest BCUT2D eigenvalue weighted by Crippen LogP contribution is -2.21. The van der Waals surface area contributed by atoms with Crippen molar-refractivity contribution in [1.82, 2.24) is 14.5 Å². The minimum absolute atomic E-state index is 0.108. The molecule has 0 bridgehead atoms. The Labute approximate surface area is 150 Å². The number of carbonyl (C=O) groups excluding carboxylic acids is 2. The molecule has 0 N–H and O–H groups in total. The molecule has 0 aliphatic carbocycles. The first-order valence-corrected chi connectivity index (χ1v) is 8.00. The molecule has 2 heterocycles. The minimum Gasteiger partial charge on any atom is -0.449 e. The Morgan fingerprint density at radius 1 is 1.08 bits per heavy atom. The average Bonchev–Trinajstić information content (AvgIpc) is 3.17.